The average Bonchev–Trinajstić information content (AvgIpc) is 2.46. The maximum absolute atomic E-state index is 12.2. The Morgan fingerprint density at radius 3 is 2.55 bits per heavy atom. The number of nitriles is 1. The first-order valence-electron chi connectivity index (χ1n) is 7.12. The molecule has 1 aromatic rings. The molecule has 4 nitrogen and oxygen atoms in total. The Kier molecular flexibility index (Phi) is 6.75. The molecule has 1 amide bonds. The highest BCUT2D eigenvalue weighted by Crippen LogP contribution is 2.13. The number of benzene rings is 1. The van der Waals surface area contributed by atoms with E-state index in [9.17, 15) is 10.1 Å². The monoisotopic (exact) mass is 273 g/mol. The number of nitrogens with zero attached hydrogens (tertiary/aromatic N) is 2. The lowest BCUT2D eigenvalue weighted by molar-refractivity contribution is -0.133. The third-order valence-corrected chi connectivity index (χ3v) is 3.39. The van der Waals surface area contributed by atoms with Crippen LogP contribution in [0.4, 0.5) is 0 Å². The van der Waals surface area contributed by atoms with Gasteiger partial charge in [0.05, 0.1) is 6.07 Å². The van der Waals surface area contributed by atoms with Crippen LogP contribution in [0.2, 0.25) is 0 Å². The van der Waals surface area contributed by atoms with Crippen LogP contribution < -0.4 is 5.73 Å². The molecular formula is C16H23N3O. The molecule has 0 saturated heterocycles. The van der Waals surface area contributed by atoms with Gasteiger partial charge in [0.15, 0.2) is 0 Å². The minimum Gasteiger partial charge on any atom is -0.342 e. The van der Waals surface area contributed by atoms with Gasteiger partial charge in [0.1, 0.15) is 5.92 Å². The SMILES string of the molecule is CCN(CC)C(=O)C(C#N)Cc1cccc(CCN)c1. The van der Waals surface area contributed by atoms with Gasteiger partial charge >= 0.3 is 0 Å². The van der Waals surface area contributed by atoms with E-state index >= 15 is 0 Å². The zero-order valence-corrected chi connectivity index (χ0v) is 12.3. The van der Waals surface area contributed by atoms with Crippen molar-refractivity contribution in [3.8, 4) is 6.07 Å². The lowest BCUT2D eigenvalue weighted by Crippen LogP contribution is -2.36. The summed E-state index contributed by atoms with van der Waals surface area (Å²) in [5.41, 5.74) is 7.72. The Morgan fingerprint density at radius 1 is 1.35 bits per heavy atom. The van der Waals surface area contributed by atoms with Gasteiger partial charge in [-0.05, 0) is 44.4 Å². The zero-order valence-electron chi connectivity index (χ0n) is 12.3. The summed E-state index contributed by atoms with van der Waals surface area (Å²) in [6.07, 6.45) is 1.28. The molecule has 0 aliphatic rings. The van der Waals surface area contributed by atoms with Crippen LogP contribution in [0.3, 0.4) is 0 Å². The fraction of sp³-hybridized carbons (Fsp3) is 0.500. The van der Waals surface area contributed by atoms with E-state index in [4.69, 9.17) is 5.73 Å². The summed E-state index contributed by atoms with van der Waals surface area (Å²) < 4.78 is 0. The molecule has 0 radical (unpaired) electrons. The molecule has 0 bridgehead atoms. The van der Waals surface area contributed by atoms with Gasteiger partial charge < -0.3 is 10.6 Å². The predicted molar refractivity (Wildman–Crippen MR) is 79.9 cm³/mol. The lowest BCUT2D eigenvalue weighted by atomic mass is 9.97. The fourth-order valence-corrected chi connectivity index (χ4v) is 2.26. The van der Waals surface area contributed by atoms with Crippen molar-refractivity contribution >= 4 is 5.91 Å². The Bertz CT molecular complexity index is 475. The van der Waals surface area contributed by atoms with Crippen molar-refractivity contribution in [2.45, 2.75) is 26.7 Å². The molecule has 0 saturated carbocycles. The van der Waals surface area contributed by atoms with Crippen molar-refractivity contribution in [1.82, 2.24) is 4.90 Å². The number of hydrogen-bond acceptors (Lipinski definition) is 3. The topological polar surface area (TPSA) is 70.1 Å². The van der Waals surface area contributed by atoms with E-state index in [-0.39, 0.29) is 5.91 Å². The second-order valence-electron chi connectivity index (χ2n) is 4.75. The fourth-order valence-electron chi connectivity index (χ4n) is 2.26. The molecule has 1 rings (SSSR count). The molecule has 0 spiro atoms. The first-order chi connectivity index (χ1) is 9.65. The minimum absolute atomic E-state index is 0.0817. The van der Waals surface area contributed by atoms with Gasteiger partial charge in [-0.15, -0.1) is 0 Å². The molecule has 1 unspecified atom stereocenters. The molecule has 1 atom stereocenters. The largest absolute Gasteiger partial charge is 0.342 e. The van der Waals surface area contributed by atoms with Crippen LogP contribution in [0.1, 0.15) is 25.0 Å². The van der Waals surface area contributed by atoms with Crippen LogP contribution in [0.25, 0.3) is 0 Å². The molecule has 1 aromatic carbocycles. The predicted octanol–water partition coefficient (Wildman–Crippen LogP) is 1.74. The molecule has 0 aliphatic carbocycles. The number of amides is 1. The van der Waals surface area contributed by atoms with E-state index < -0.39 is 5.92 Å². The van der Waals surface area contributed by atoms with E-state index in [0.29, 0.717) is 26.1 Å². The molecular weight excluding hydrogens is 250 g/mol. The number of nitrogens with two attached hydrogens (primary N) is 1. The van der Waals surface area contributed by atoms with Gasteiger partial charge in [0.2, 0.25) is 5.91 Å². The highest BCUT2D eigenvalue weighted by Gasteiger charge is 2.22. The number of carbonyl (C=O) groups excluding carboxylic acids is 1. The Labute approximate surface area is 121 Å². The van der Waals surface area contributed by atoms with E-state index in [2.05, 4.69) is 6.07 Å². The van der Waals surface area contributed by atoms with E-state index in [0.717, 1.165) is 17.5 Å². The molecule has 0 aromatic heterocycles. The highest BCUT2D eigenvalue weighted by atomic mass is 16.2. The summed E-state index contributed by atoms with van der Waals surface area (Å²) in [6.45, 7) is 5.74. The summed E-state index contributed by atoms with van der Waals surface area (Å²) >= 11 is 0. The van der Waals surface area contributed by atoms with Crippen LogP contribution in [-0.4, -0.2) is 30.4 Å². The van der Waals surface area contributed by atoms with Crippen LogP contribution in [0.5, 0.6) is 0 Å². The summed E-state index contributed by atoms with van der Waals surface area (Å²) in [4.78, 5) is 13.9. The van der Waals surface area contributed by atoms with Crippen molar-refractivity contribution < 1.29 is 4.79 Å². The van der Waals surface area contributed by atoms with Gasteiger partial charge in [-0.1, -0.05) is 24.3 Å². The molecule has 2 N–H and O–H groups in total. The van der Waals surface area contributed by atoms with Gasteiger partial charge in [-0.25, -0.2) is 0 Å². The molecule has 0 fully saturated rings. The standard InChI is InChI=1S/C16H23N3O/c1-3-19(4-2)16(20)15(12-18)11-14-7-5-6-13(10-14)8-9-17/h5-7,10,15H,3-4,8-9,11,17H2,1-2H3. The zero-order chi connectivity index (χ0) is 15.0. The second-order valence-corrected chi connectivity index (χ2v) is 4.75. The summed E-state index contributed by atoms with van der Waals surface area (Å²) in [7, 11) is 0. The van der Waals surface area contributed by atoms with Crippen LogP contribution in [0, 0.1) is 17.2 Å². The second kappa shape index (κ2) is 8.34. The third-order valence-electron chi connectivity index (χ3n) is 3.39. The van der Waals surface area contributed by atoms with E-state index in [1.54, 1.807) is 4.90 Å². The van der Waals surface area contributed by atoms with Gasteiger partial charge in [-0.2, -0.15) is 5.26 Å². The number of rotatable bonds is 7. The normalized spacial score (nSPS) is 11.7. The molecule has 0 heterocycles. The lowest BCUT2D eigenvalue weighted by Gasteiger charge is -2.21. The third kappa shape index (κ3) is 4.36. The Hall–Kier alpha value is -1.86. The number of carbonyl (C=O) groups is 1. The quantitative estimate of drug-likeness (QED) is 0.822. The summed E-state index contributed by atoms with van der Waals surface area (Å²) in [5.74, 6) is -0.690. The van der Waals surface area contributed by atoms with E-state index in [1.807, 2.05) is 38.1 Å². The Balaban J connectivity index is 2.81. The number of hydrogen-bond donors (Lipinski definition) is 1. The minimum atomic E-state index is -0.608. The summed E-state index contributed by atoms with van der Waals surface area (Å²) in [5, 5.41) is 9.25. The van der Waals surface area contributed by atoms with Crippen molar-refractivity contribution in [2.24, 2.45) is 11.7 Å². The smallest absolute Gasteiger partial charge is 0.240 e. The molecule has 20 heavy (non-hydrogen) atoms. The van der Waals surface area contributed by atoms with Crippen molar-refractivity contribution in [2.75, 3.05) is 19.6 Å². The van der Waals surface area contributed by atoms with Gasteiger partial charge in [0.25, 0.3) is 0 Å². The van der Waals surface area contributed by atoms with Crippen molar-refractivity contribution in [3.05, 3.63) is 35.4 Å². The van der Waals surface area contributed by atoms with Gasteiger partial charge in [0, 0.05) is 13.1 Å². The first kappa shape index (κ1) is 16.2. The van der Waals surface area contributed by atoms with Gasteiger partial charge in [-0.3, -0.25) is 4.79 Å². The summed E-state index contributed by atoms with van der Waals surface area (Å²) in [6, 6.07) is 10.1. The average molecular weight is 273 g/mol. The maximum Gasteiger partial charge on any atom is 0.240 e. The Morgan fingerprint density at radius 2 is 2.00 bits per heavy atom. The van der Waals surface area contributed by atoms with Crippen LogP contribution >= 0.6 is 0 Å². The van der Waals surface area contributed by atoms with Crippen LogP contribution in [-0.2, 0) is 17.6 Å². The maximum atomic E-state index is 12.2. The molecule has 0 aliphatic heterocycles. The molecule has 108 valence electrons. The first-order valence-corrected chi connectivity index (χ1v) is 7.12. The van der Waals surface area contributed by atoms with Crippen molar-refractivity contribution in [1.29, 1.82) is 5.26 Å². The van der Waals surface area contributed by atoms with Crippen molar-refractivity contribution in [3.63, 3.8) is 0 Å². The van der Waals surface area contributed by atoms with E-state index in [1.165, 1.54) is 0 Å². The van der Waals surface area contributed by atoms with Crippen LogP contribution in [0.15, 0.2) is 24.3 Å². The highest BCUT2D eigenvalue weighted by molar-refractivity contribution is 5.81. The molecule has 4 heteroatoms.